The van der Waals surface area contributed by atoms with E-state index in [0.717, 1.165) is 28.2 Å². The second-order valence-electron chi connectivity index (χ2n) is 13.4. The summed E-state index contributed by atoms with van der Waals surface area (Å²) < 4.78 is 0. The van der Waals surface area contributed by atoms with Crippen molar-refractivity contribution in [3.63, 3.8) is 0 Å². The molecule has 6 N–H and O–H groups in total. The van der Waals surface area contributed by atoms with Gasteiger partial charge in [0.05, 0.1) is 26.2 Å². The van der Waals surface area contributed by atoms with E-state index in [1.807, 2.05) is 6.92 Å². The number of aliphatic hydroxyl groups excluding tert-OH is 1. The van der Waals surface area contributed by atoms with Gasteiger partial charge < -0.3 is 30.6 Å². The third kappa shape index (κ3) is 7.70. The van der Waals surface area contributed by atoms with E-state index in [1.54, 1.807) is 6.08 Å². The minimum atomic E-state index is -1.60. The molecular weight excluding hydrogens is 608 g/mol. The Morgan fingerprint density at radius 1 is 0.804 bits per heavy atom. The van der Waals surface area contributed by atoms with Crippen LogP contribution in [0.15, 0.2) is 11.6 Å². The average Bonchev–Trinajstić information content (AvgIpc) is 3.21. The van der Waals surface area contributed by atoms with Crippen LogP contribution in [0.1, 0.15) is 58.8 Å². The number of nitrogens with zero attached hydrogens (tertiary/aromatic N) is 2. The molecule has 4 aliphatic rings. The van der Waals surface area contributed by atoms with E-state index >= 15 is 0 Å². The third-order valence-electron chi connectivity index (χ3n) is 10.6. The number of aliphatic hydroxyl groups is 2. The first-order chi connectivity index (χ1) is 21.4. The number of carboxylic acid groups (broad SMARTS) is 4. The molecule has 256 valence electrons. The zero-order valence-electron chi connectivity index (χ0n) is 26.1. The van der Waals surface area contributed by atoms with Gasteiger partial charge in [0.15, 0.2) is 11.6 Å². The molecule has 6 atom stereocenters. The van der Waals surface area contributed by atoms with Crippen molar-refractivity contribution >= 4 is 41.2 Å². The third-order valence-corrected chi connectivity index (χ3v) is 10.6. The summed E-state index contributed by atoms with van der Waals surface area (Å²) in [7, 11) is 0. The zero-order valence-corrected chi connectivity index (χ0v) is 26.1. The number of carbonyl (C=O) groups is 7. The molecular formula is C31H44N2O13. The Bertz CT molecular complexity index is 1230. The fraction of sp³-hybridized carbons (Fsp3) is 0.710. The molecule has 0 unspecified atom stereocenters. The number of hydrogen-bond donors (Lipinski definition) is 6. The van der Waals surface area contributed by atoms with Gasteiger partial charge >= 0.3 is 23.9 Å². The predicted octanol–water partition coefficient (Wildman–Crippen LogP) is -0.0814. The lowest BCUT2D eigenvalue weighted by Crippen LogP contribution is -2.60. The molecule has 0 aromatic heterocycles. The predicted molar refractivity (Wildman–Crippen MR) is 158 cm³/mol. The van der Waals surface area contributed by atoms with Gasteiger partial charge in [-0.3, -0.25) is 43.4 Å². The molecule has 0 spiro atoms. The number of hydrogen-bond acceptors (Lipinski definition) is 11. The van der Waals surface area contributed by atoms with E-state index in [4.69, 9.17) is 20.4 Å². The fourth-order valence-corrected chi connectivity index (χ4v) is 8.45. The molecule has 0 heterocycles. The SMILES string of the molecule is C[C@]12CCC(=O)C=C1CC[C@@H]1[C@@H]2C(=O)C[C@@]2(C)[C@H]1CC[C@]2(O)C(=O)CO.O=C(O)CN(CCN(CC(=O)O)CC(=O)O)CC(=O)O. The lowest BCUT2D eigenvalue weighted by atomic mass is 9.46. The van der Waals surface area contributed by atoms with Gasteiger partial charge in [0.2, 0.25) is 0 Å². The van der Waals surface area contributed by atoms with E-state index in [0.29, 0.717) is 25.7 Å². The van der Waals surface area contributed by atoms with Gasteiger partial charge in [0.25, 0.3) is 0 Å². The monoisotopic (exact) mass is 652 g/mol. The van der Waals surface area contributed by atoms with Crippen molar-refractivity contribution in [1.29, 1.82) is 0 Å². The van der Waals surface area contributed by atoms with Crippen LogP contribution in [-0.2, 0) is 33.6 Å². The number of fused-ring (bicyclic) bond motifs is 5. The summed E-state index contributed by atoms with van der Waals surface area (Å²) in [5, 5.41) is 55.0. The summed E-state index contributed by atoms with van der Waals surface area (Å²) in [6.45, 7) is 1.06. The van der Waals surface area contributed by atoms with Gasteiger partial charge in [-0.05, 0) is 55.4 Å². The minimum Gasteiger partial charge on any atom is -0.480 e. The number of rotatable bonds is 13. The molecule has 15 heteroatoms. The summed E-state index contributed by atoms with van der Waals surface area (Å²) in [6, 6.07) is 0. The van der Waals surface area contributed by atoms with Crippen LogP contribution in [0.3, 0.4) is 0 Å². The van der Waals surface area contributed by atoms with Crippen molar-refractivity contribution in [1.82, 2.24) is 9.80 Å². The number of Topliss-reactive ketones (excluding diaryl/α,β-unsaturated/α-hetero) is 2. The fourth-order valence-electron chi connectivity index (χ4n) is 8.45. The highest BCUT2D eigenvalue weighted by Gasteiger charge is 2.68. The van der Waals surface area contributed by atoms with Gasteiger partial charge in [-0.15, -0.1) is 0 Å². The van der Waals surface area contributed by atoms with Gasteiger partial charge in [-0.2, -0.15) is 0 Å². The van der Waals surface area contributed by atoms with Crippen LogP contribution in [0.4, 0.5) is 0 Å². The lowest BCUT2D eigenvalue weighted by Gasteiger charge is -2.57. The molecule has 0 aromatic rings. The molecule has 0 aliphatic heterocycles. The summed E-state index contributed by atoms with van der Waals surface area (Å²) in [5.41, 5.74) is -1.55. The van der Waals surface area contributed by atoms with Crippen molar-refractivity contribution in [2.75, 3.05) is 45.9 Å². The molecule has 3 fully saturated rings. The Morgan fingerprint density at radius 2 is 1.30 bits per heavy atom. The number of allylic oxidation sites excluding steroid dienone is 1. The Balaban J connectivity index is 0.000000262. The zero-order chi connectivity index (χ0) is 34.6. The first kappa shape index (κ1) is 36.9. The van der Waals surface area contributed by atoms with Gasteiger partial charge in [0, 0.05) is 37.3 Å². The number of aliphatic carboxylic acids is 4. The summed E-state index contributed by atoms with van der Waals surface area (Å²) in [5.74, 6) is -5.08. The maximum Gasteiger partial charge on any atom is 0.317 e. The molecule has 0 radical (unpaired) electrons. The molecule has 0 amide bonds. The van der Waals surface area contributed by atoms with E-state index in [9.17, 15) is 43.8 Å². The molecule has 4 rings (SSSR count). The van der Waals surface area contributed by atoms with Crippen LogP contribution < -0.4 is 0 Å². The second-order valence-corrected chi connectivity index (χ2v) is 13.4. The largest absolute Gasteiger partial charge is 0.480 e. The summed E-state index contributed by atoms with van der Waals surface area (Å²) in [4.78, 5) is 81.9. The van der Waals surface area contributed by atoms with Crippen molar-refractivity contribution < 1.29 is 64.2 Å². The van der Waals surface area contributed by atoms with Gasteiger partial charge in [-0.1, -0.05) is 19.4 Å². The Hall–Kier alpha value is -3.53. The van der Waals surface area contributed by atoms with Crippen LogP contribution in [0.25, 0.3) is 0 Å². The molecule has 0 bridgehead atoms. The van der Waals surface area contributed by atoms with Crippen LogP contribution in [-0.4, -0.2) is 133 Å². The lowest BCUT2D eigenvalue weighted by molar-refractivity contribution is -0.170. The van der Waals surface area contributed by atoms with Gasteiger partial charge in [0.1, 0.15) is 18.0 Å². The topological polar surface area (TPSA) is 247 Å². The van der Waals surface area contributed by atoms with Crippen LogP contribution >= 0.6 is 0 Å². The maximum atomic E-state index is 13.3. The highest BCUT2D eigenvalue weighted by atomic mass is 16.4. The van der Waals surface area contributed by atoms with E-state index < -0.39 is 73.5 Å². The van der Waals surface area contributed by atoms with Crippen LogP contribution in [0.2, 0.25) is 0 Å². The maximum absolute atomic E-state index is 13.3. The van der Waals surface area contributed by atoms with Crippen molar-refractivity contribution in [3.05, 3.63) is 11.6 Å². The standard InChI is InChI=1S/C21H28O5.C10H16N2O8/c1-19-7-5-13(23)9-12(19)3-4-14-15-6-8-21(26,17(25)11-22)20(15,2)10-16(24)18(14)19;13-7(14)3-11(4-8(15)16)1-2-12(5-9(17)18)6-10(19)20/h9,14-15,18,22,26H,3-8,10-11H2,1-2H3;1-6H2,(H,13,14)(H,15,16)(H,17,18)(H,19,20)/t14-,15-,18+,19-,20-,21-;/m0./s1. The number of carbonyl (C=O) groups excluding carboxylic acids is 3. The molecule has 46 heavy (non-hydrogen) atoms. The minimum absolute atomic E-state index is 0.0703. The summed E-state index contributed by atoms with van der Waals surface area (Å²) >= 11 is 0. The normalized spacial score (nSPS) is 31.6. The molecule has 4 aliphatic carbocycles. The summed E-state index contributed by atoms with van der Waals surface area (Å²) in [6.07, 6.45) is 5.83. The second kappa shape index (κ2) is 14.5. The molecule has 3 saturated carbocycles. The van der Waals surface area contributed by atoms with E-state index in [-0.39, 0.29) is 54.2 Å². The first-order valence-corrected chi connectivity index (χ1v) is 15.3. The Morgan fingerprint density at radius 3 is 1.76 bits per heavy atom. The highest BCUT2D eigenvalue weighted by Crippen LogP contribution is 2.66. The average molecular weight is 653 g/mol. The number of carboxylic acids is 4. The van der Waals surface area contributed by atoms with Crippen LogP contribution in [0.5, 0.6) is 0 Å². The van der Waals surface area contributed by atoms with Gasteiger partial charge in [-0.25, -0.2) is 0 Å². The van der Waals surface area contributed by atoms with E-state index in [2.05, 4.69) is 6.92 Å². The Labute approximate surface area is 265 Å². The first-order valence-electron chi connectivity index (χ1n) is 15.3. The highest BCUT2D eigenvalue weighted by molar-refractivity contribution is 5.94. The van der Waals surface area contributed by atoms with Crippen LogP contribution in [0, 0.1) is 28.6 Å². The van der Waals surface area contributed by atoms with Crippen molar-refractivity contribution in [3.8, 4) is 0 Å². The Kier molecular flexibility index (Phi) is 11.6. The molecule has 15 nitrogen and oxygen atoms in total. The number of ketones is 3. The quantitative estimate of drug-likeness (QED) is 0.152. The molecule has 0 saturated heterocycles. The van der Waals surface area contributed by atoms with Crippen molar-refractivity contribution in [2.45, 2.75) is 64.4 Å². The smallest absolute Gasteiger partial charge is 0.317 e. The van der Waals surface area contributed by atoms with Crippen molar-refractivity contribution in [2.24, 2.45) is 28.6 Å². The molecule has 0 aromatic carbocycles. The van der Waals surface area contributed by atoms with E-state index in [1.165, 1.54) is 0 Å².